The lowest BCUT2D eigenvalue weighted by Gasteiger charge is -2.26. The molecule has 0 fully saturated rings. The van der Waals surface area contributed by atoms with E-state index in [4.69, 9.17) is 4.84 Å². The molecule has 0 spiro atoms. The molecule has 1 amide bonds. The fraction of sp³-hybridized carbons (Fsp3) is 0.727. The molecule has 0 aliphatic carbocycles. The average molecular weight is 197 g/mol. The van der Waals surface area contributed by atoms with E-state index in [1.54, 1.807) is 7.11 Å². The summed E-state index contributed by atoms with van der Waals surface area (Å²) in [4.78, 5) is 16.8. The minimum atomic E-state index is 0.100. The molecule has 1 rings (SSSR count). The molecule has 0 saturated carbocycles. The van der Waals surface area contributed by atoms with Gasteiger partial charge in [-0.05, 0) is 33.1 Å². The third kappa shape index (κ3) is 2.84. The van der Waals surface area contributed by atoms with E-state index in [1.807, 2.05) is 6.92 Å². The van der Waals surface area contributed by atoms with Gasteiger partial charge >= 0.3 is 0 Å². The van der Waals surface area contributed by atoms with Gasteiger partial charge in [-0.2, -0.15) is 0 Å². The second kappa shape index (κ2) is 5.15. The molecule has 0 aromatic carbocycles. The van der Waals surface area contributed by atoms with Crippen LogP contribution >= 0.6 is 0 Å². The van der Waals surface area contributed by atoms with Gasteiger partial charge in [-0.3, -0.25) is 9.63 Å². The van der Waals surface area contributed by atoms with Crippen LogP contribution in [-0.4, -0.2) is 24.1 Å². The lowest BCUT2D eigenvalue weighted by atomic mass is 10.1. The summed E-state index contributed by atoms with van der Waals surface area (Å²) >= 11 is 0. The average Bonchev–Trinajstić information content (AvgIpc) is 2.17. The molecule has 80 valence electrons. The zero-order valence-corrected chi connectivity index (χ0v) is 9.25. The standard InChI is InChI=1S/C11H19NO2/c1-9-6-4-5-7-11(13)12(14-3)10(2)8-9/h6,10H,4-5,7-8H2,1-3H3/b9-6-. The highest BCUT2D eigenvalue weighted by molar-refractivity contribution is 5.75. The van der Waals surface area contributed by atoms with Crippen molar-refractivity contribution in [1.82, 2.24) is 5.06 Å². The summed E-state index contributed by atoms with van der Waals surface area (Å²) in [7, 11) is 1.56. The molecule has 1 heterocycles. The predicted molar refractivity (Wildman–Crippen MR) is 55.5 cm³/mol. The summed E-state index contributed by atoms with van der Waals surface area (Å²) in [6, 6.07) is 0.141. The van der Waals surface area contributed by atoms with E-state index >= 15 is 0 Å². The highest BCUT2D eigenvalue weighted by Crippen LogP contribution is 2.17. The van der Waals surface area contributed by atoms with E-state index in [9.17, 15) is 4.79 Å². The number of amides is 1. The number of hydrogen-bond donors (Lipinski definition) is 0. The second-order valence-corrected chi connectivity index (χ2v) is 3.90. The molecule has 0 bridgehead atoms. The minimum Gasteiger partial charge on any atom is -0.274 e. The maximum absolute atomic E-state index is 11.6. The van der Waals surface area contributed by atoms with E-state index in [1.165, 1.54) is 10.6 Å². The van der Waals surface area contributed by atoms with Crippen LogP contribution < -0.4 is 0 Å². The van der Waals surface area contributed by atoms with Crippen molar-refractivity contribution >= 4 is 5.91 Å². The van der Waals surface area contributed by atoms with Crippen LogP contribution in [0.2, 0.25) is 0 Å². The lowest BCUT2D eigenvalue weighted by molar-refractivity contribution is -0.186. The minimum absolute atomic E-state index is 0.100. The summed E-state index contributed by atoms with van der Waals surface area (Å²) in [5.74, 6) is 0.100. The molecule has 0 saturated heterocycles. The van der Waals surface area contributed by atoms with Gasteiger partial charge in [-0.25, -0.2) is 5.06 Å². The molecule has 3 heteroatoms. The number of hydroxylamine groups is 2. The Hall–Kier alpha value is -0.830. The normalized spacial score (nSPS) is 28.8. The molecular formula is C11H19NO2. The Morgan fingerprint density at radius 2 is 2.29 bits per heavy atom. The van der Waals surface area contributed by atoms with Crippen molar-refractivity contribution in [1.29, 1.82) is 0 Å². The van der Waals surface area contributed by atoms with Gasteiger partial charge in [-0.15, -0.1) is 0 Å². The SMILES string of the molecule is CON1C(=O)CCC/C=C(/C)CC1C. The highest BCUT2D eigenvalue weighted by Gasteiger charge is 2.20. The first-order valence-electron chi connectivity index (χ1n) is 5.17. The van der Waals surface area contributed by atoms with Gasteiger partial charge < -0.3 is 0 Å². The number of allylic oxidation sites excluding steroid dienone is 1. The summed E-state index contributed by atoms with van der Waals surface area (Å²) in [6.07, 6.45) is 5.63. The lowest BCUT2D eigenvalue weighted by Crippen LogP contribution is -2.37. The zero-order chi connectivity index (χ0) is 10.6. The fourth-order valence-electron chi connectivity index (χ4n) is 1.87. The predicted octanol–water partition coefficient (Wildman–Crippen LogP) is 2.29. The number of carbonyl (C=O) groups is 1. The van der Waals surface area contributed by atoms with Gasteiger partial charge in [0.2, 0.25) is 5.91 Å². The van der Waals surface area contributed by atoms with Crippen LogP contribution in [0.25, 0.3) is 0 Å². The van der Waals surface area contributed by atoms with Crippen molar-refractivity contribution in [2.75, 3.05) is 7.11 Å². The third-order valence-corrected chi connectivity index (χ3v) is 2.55. The van der Waals surface area contributed by atoms with Crippen LogP contribution in [0.15, 0.2) is 11.6 Å². The summed E-state index contributed by atoms with van der Waals surface area (Å²) in [6.45, 7) is 4.13. The highest BCUT2D eigenvalue weighted by atomic mass is 16.7. The molecule has 1 atom stereocenters. The van der Waals surface area contributed by atoms with Crippen molar-refractivity contribution in [3.63, 3.8) is 0 Å². The maximum atomic E-state index is 11.6. The van der Waals surface area contributed by atoms with Crippen LogP contribution in [0.3, 0.4) is 0 Å². The van der Waals surface area contributed by atoms with Crippen molar-refractivity contribution in [2.24, 2.45) is 0 Å². The third-order valence-electron chi connectivity index (χ3n) is 2.55. The van der Waals surface area contributed by atoms with E-state index in [2.05, 4.69) is 13.0 Å². The van der Waals surface area contributed by atoms with Crippen LogP contribution in [0.1, 0.15) is 39.5 Å². The Kier molecular flexibility index (Phi) is 4.14. The molecule has 0 radical (unpaired) electrons. The number of nitrogens with zero attached hydrogens (tertiary/aromatic N) is 1. The van der Waals surface area contributed by atoms with Gasteiger partial charge in [0.1, 0.15) is 0 Å². The Morgan fingerprint density at radius 3 is 2.93 bits per heavy atom. The van der Waals surface area contributed by atoms with Crippen molar-refractivity contribution in [2.45, 2.75) is 45.6 Å². The molecule has 1 unspecified atom stereocenters. The summed E-state index contributed by atoms with van der Waals surface area (Å²) in [5, 5.41) is 1.50. The molecule has 0 aromatic heterocycles. The van der Waals surface area contributed by atoms with Gasteiger partial charge in [0.25, 0.3) is 0 Å². The van der Waals surface area contributed by atoms with E-state index < -0.39 is 0 Å². The first kappa shape index (κ1) is 11.2. The van der Waals surface area contributed by atoms with Gasteiger partial charge in [0.05, 0.1) is 13.2 Å². The van der Waals surface area contributed by atoms with Crippen LogP contribution in [0.5, 0.6) is 0 Å². The zero-order valence-electron chi connectivity index (χ0n) is 9.25. The fourth-order valence-corrected chi connectivity index (χ4v) is 1.87. The molecule has 3 nitrogen and oxygen atoms in total. The van der Waals surface area contributed by atoms with E-state index in [0.29, 0.717) is 6.42 Å². The van der Waals surface area contributed by atoms with E-state index in [0.717, 1.165) is 19.3 Å². The van der Waals surface area contributed by atoms with Gasteiger partial charge in [0.15, 0.2) is 0 Å². The van der Waals surface area contributed by atoms with Crippen molar-refractivity contribution in [3.8, 4) is 0 Å². The molecule has 14 heavy (non-hydrogen) atoms. The first-order chi connectivity index (χ1) is 6.65. The molecular weight excluding hydrogens is 178 g/mol. The Labute approximate surface area is 85.7 Å². The largest absolute Gasteiger partial charge is 0.274 e. The number of hydrogen-bond acceptors (Lipinski definition) is 2. The second-order valence-electron chi connectivity index (χ2n) is 3.90. The summed E-state index contributed by atoms with van der Waals surface area (Å²) < 4.78 is 0. The molecule has 1 aliphatic rings. The molecule has 0 N–H and O–H groups in total. The molecule has 1 aliphatic heterocycles. The Balaban J connectivity index is 2.73. The van der Waals surface area contributed by atoms with Gasteiger partial charge in [0, 0.05) is 6.42 Å². The summed E-state index contributed by atoms with van der Waals surface area (Å²) in [5.41, 5.74) is 1.34. The number of rotatable bonds is 1. The monoisotopic (exact) mass is 197 g/mol. The smallest absolute Gasteiger partial charge is 0.246 e. The van der Waals surface area contributed by atoms with E-state index in [-0.39, 0.29) is 11.9 Å². The van der Waals surface area contributed by atoms with Crippen LogP contribution in [0, 0.1) is 0 Å². The van der Waals surface area contributed by atoms with Gasteiger partial charge in [-0.1, -0.05) is 11.6 Å². The van der Waals surface area contributed by atoms with Crippen molar-refractivity contribution < 1.29 is 9.63 Å². The topological polar surface area (TPSA) is 29.5 Å². The quantitative estimate of drug-likeness (QED) is 0.603. The number of carbonyl (C=O) groups excluding carboxylic acids is 1. The molecule has 0 aromatic rings. The van der Waals surface area contributed by atoms with Crippen LogP contribution in [0.4, 0.5) is 0 Å². The van der Waals surface area contributed by atoms with Crippen molar-refractivity contribution in [3.05, 3.63) is 11.6 Å². The van der Waals surface area contributed by atoms with Crippen LogP contribution in [-0.2, 0) is 9.63 Å². The Bertz CT molecular complexity index is 235. The Morgan fingerprint density at radius 1 is 1.57 bits per heavy atom. The first-order valence-corrected chi connectivity index (χ1v) is 5.17. The maximum Gasteiger partial charge on any atom is 0.246 e.